The minimum absolute atomic E-state index is 0.0171. The van der Waals surface area contributed by atoms with Gasteiger partial charge in [0, 0.05) is 58.5 Å². The van der Waals surface area contributed by atoms with E-state index in [1.807, 2.05) is 58.1 Å². The number of cyclic esters (lactones) is 1. The molecule has 0 radical (unpaired) electrons. The molecule has 0 aromatic rings. The average molecular weight is 987 g/mol. The number of carbonyl (C=O) groups is 5. The van der Waals surface area contributed by atoms with Crippen LogP contribution in [0.4, 0.5) is 0 Å². The third-order valence-electron chi connectivity index (χ3n) is 14.9. The third kappa shape index (κ3) is 15.9. The van der Waals surface area contributed by atoms with Crippen LogP contribution in [0.15, 0.2) is 52.8 Å². The Hall–Kier alpha value is -4.10. The number of esters is 1. The number of hydrogen-bond acceptors (Lipinski definition) is 15. The van der Waals surface area contributed by atoms with Gasteiger partial charge in [-0.3, -0.25) is 14.4 Å². The van der Waals surface area contributed by atoms with Crippen molar-refractivity contribution >= 4 is 35.1 Å². The molecule has 2 bridgehead atoms. The molecule has 70 heavy (non-hydrogen) atoms. The first kappa shape index (κ1) is 58.5. The molecule has 4 N–H and O–H groups in total. The summed E-state index contributed by atoms with van der Waals surface area (Å²) in [6, 6.07) is -1.16. The van der Waals surface area contributed by atoms with Gasteiger partial charge in [-0.05, 0) is 107 Å². The second kappa shape index (κ2) is 27.6. The van der Waals surface area contributed by atoms with Crippen molar-refractivity contribution < 1.29 is 72.9 Å². The Morgan fingerprint density at radius 3 is 2.30 bits per heavy atom. The molecule has 0 spiro atoms. The first-order valence-corrected chi connectivity index (χ1v) is 25.2. The van der Waals surface area contributed by atoms with Crippen LogP contribution >= 0.6 is 0 Å². The van der Waals surface area contributed by atoms with E-state index >= 15 is 0 Å². The molecule has 4 aliphatic rings. The highest BCUT2D eigenvalue weighted by Crippen LogP contribution is 2.38. The number of methoxy groups -OCH3 is 3. The Kier molecular flexibility index (Phi) is 23.1. The number of carboxylic acids is 1. The second-order valence-electron chi connectivity index (χ2n) is 20.4. The van der Waals surface area contributed by atoms with E-state index in [1.165, 1.54) is 12.0 Å². The molecule has 0 aromatic heterocycles. The molecule has 0 unspecified atom stereocenters. The number of aliphatic hydroxyl groups excluding tert-OH is 2. The number of ketones is 2. The van der Waals surface area contributed by atoms with Crippen molar-refractivity contribution in [2.75, 3.05) is 34.5 Å². The summed E-state index contributed by atoms with van der Waals surface area (Å²) in [7, 11) is 4.52. The average Bonchev–Trinajstić information content (AvgIpc) is 3.32. The van der Waals surface area contributed by atoms with E-state index in [1.54, 1.807) is 41.1 Å². The van der Waals surface area contributed by atoms with Crippen LogP contribution in [0, 0.1) is 35.5 Å². The number of hydrogen-bond donors (Lipinski definition) is 4. The lowest BCUT2D eigenvalue weighted by atomic mass is 9.78. The molecule has 394 valence electrons. The zero-order valence-electron chi connectivity index (χ0n) is 43.1. The maximum absolute atomic E-state index is 14.5. The van der Waals surface area contributed by atoms with Gasteiger partial charge in [0.15, 0.2) is 0 Å². The Morgan fingerprint density at radius 2 is 1.63 bits per heavy atom. The van der Waals surface area contributed by atoms with Crippen molar-refractivity contribution in [3.05, 3.63) is 47.6 Å². The van der Waals surface area contributed by atoms with Crippen LogP contribution < -0.4 is 0 Å². The van der Waals surface area contributed by atoms with Crippen molar-refractivity contribution in [2.45, 2.75) is 180 Å². The summed E-state index contributed by atoms with van der Waals surface area (Å²) in [4.78, 5) is 75.1. The monoisotopic (exact) mass is 987 g/mol. The van der Waals surface area contributed by atoms with E-state index in [2.05, 4.69) is 5.16 Å². The van der Waals surface area contributed by atoms with E-state index in [0.717, 1.165) is 5.57 Å². The Morgan fingerprint density at radius 1 is 0.900 bits per heavy atom. The second-order valence-corrected chi connectivity index (χ2v) is 20.4. The minimum Gasteiger partial charge on any atom is -0.479 e. The molecule has 4 rings (SSSR count). The Bertz CT molecular complexity index is 1930. The first-order valence-electron chi connectivity index (χ1n) is 25.2. The lowest BCUT2D eigenvalue weighted by Gasteiger charge is -2.42. The Labute approximate surface area is 414 Å². The van der Waals surface area contributed by atoms with E-state index < -0.39 is 90.5 Å². The summed E-state index contributed by atoms with van der Waals surface area (Å²) < 4.78 is 29.7. The largest absolute Gasteiger partial charge is 0.479 e. The van der Waals surface area contributed by atoms with Gasteiger partial charge >= 0.3 is 11.9 Å². The summed E-state index contributed by atoms with van der Waals surface area (Å²) in [5, 5.41) is 47.8. The minimum atomic E-state index is -2.45. The van der Waals surface area contributed by atoms with Gasteiger partial charge in [0.05, 0.1) is 30.1 Å². The van der Waals surface area contributed by atoms with Gasteiger partial charge in [-0.15, -0.1) is 0 Å². The predicted octanol–water partition coefficient (Wildman–Crippen LogP) is 6.07. The molecule has 3 heterocycles. The van der Waals surface area contributed by atoms with Gasteiger partial charge in [0.25, 0.3) is 11.7 Å². The number of nitrogens with zero attached hydrogens (tertiary/aromatic N) is 2. The highest BCUT2D eigenvalue weighted by molar-refractivity contribution is 6.39. The third-order valence-corrected chi connectivity index (χ3v) is 14.9. The number of ether oxygens (including phenoxy) is 5. The molecule has 1 saturated carbocycles. The summed E-state index contributed by atoms with van der Waals surface area (Å²) in [6.45, 7) is 12.0. The molecule has 3 aliphatic heterocycles. The molecular weight excluding hydrogens is 905 g/mol. The summed E-state index contributed by atoms with van der Waals surface area (Å²) in [5.41, 5.74) is 1.52. The normalized spacial score (nSPS) is 38.8. The van der Waals surface area contributed by atoms with Crippen LogP contribution in [-0.4, -0.2) is 149 Å². The highest BCUT2D eigenvalue weighted by Gasteiger charge is 2.53. The standard InChI is InChI=1S/C53H82N2O15/c1-31-16-12-11-13-17-32(2)43(65-8)28-39-21-19-37(7)53(64,70-39)50(61)51(62)55-23-15-14-18-40(55)52(63)69-44(34(4)26-38-20-22-41(56)45(27-38)66-9)29-42(57)33(3)25-36(6)48(60)49(67-10)47(35(5)24-31)54-68-30-46(58)59/h11-13,16-17,25,31,33-35,37-41,43-45,48-49,56,60,64H,14-15,18-24,26-30H2,1-10H3,(H,58,59)/b13-11+,16-12+,32-17+,36-25+,54-47-/t31-,33-,34-,35-,37-,38+,39+,40+,41-,43+,44+,45-,48-,49+,53-/m1/s1. The maximum Gasteiger partial charge on any atom is 0.344 e. The molecule has 17 nitrogen and oxygen atoms in total. The zero-order valence-corrected chi connectivity index (χ0v) is 43.1. The van der Waals surface area contributed by atoms with Gasteiger partial charge in [0.2, 0.25) is 12.4 Å². The van der Waals surface area contributed by atoms with Gasteiger partial charge in [-0.1, -0.05) is 76.2 Å². The molecule has 15 atom stereocenters. The number of piperidine rings is 1. The van der Waals surface area contributed by atoms with E-state index in [-0.39, 0.29) is 60.7 Å². The lowest BCUT2D eigenvalue weighted by Crippen LogP contribution is -2.61. The van der Waals surface area contributed by atoms with Gasteiger partial charge in [-0.2, -0.15) is 0 Å². The SMILES string of the molecule is CO[C@H]1C[C@@H]2CC[C@@H](C)[C@@](O)(O2)C(=O)C(=O)N2CCCC[C@H]2C(=O)O[C@H]([C@H](C)C[C@@H]2CC[C@@H](O)[C@H](OC)C2)CC(=O)[C@H](C)/C=C(\C)[C@@H](O)[C@@H](OC)/C(=N\OCC(=O)O)[C@H](C)C[C@H](C)/C=C/C=C/C=C/1C. The highest BCUT2D eigenvalue weighted by atomic mass is 16.6. The van der Waals surface area contributed by atoms with Gasteiger partial charge in [0.1, 0.15) is 30.1 Å². The van der Waals surface area contributed by atoms with Crippen molar-refractivity contribution in [3.8, 4) is 0 Å². The Balaban J connectivity index is 1.75. The van der Waals surface area contributed by atoms with Crippen molar-refractivity contribution in [1.29, 1.82) is 0 Å². The molecule has 3 fully saturated rings. The summed E-state index contributed by atoms with van der Waals surface area (Å²) >= 11 is 0. The van der Waals surface area contributed by atoms with Crippen LogP contribution in [0.25, 0.3) is 0 Å². The number of carboxylic acid groups (broad SMARTS) is 1. The molecular formula is C53H82N2O15. The number of Topliss-reactive ketones (excluding diaryl/α,β-unsaturated/α-hetero) is 2. The van der Waals surface area contributed by atoms with E-state index in [0.29, 0.717) is 69.8 Å². The smallest absolute Gasteiger partial charge is 0.344 e. The van der Waals surface area contributed by atoms with E-state index in [9.17, 15) is 44.4 Å². The van der Waals surface area contributed by atoms with Gasteiger partial charge < -0.3 is 53.8 Å². The fourth-order valence-corrected chi connectivity index (χ4v) is 10.4. The van der Waals surface area contributed by atoms with Crippen molar-refractivity contribution in [1.82, 2.24) is 4.90 Å². The molecule has 1 aliphatic carbocycles. The van der Waals surface area contributed by atoms with Crippen LogP contribution in [0.5, 0.6) is 0 Å². The van der Waals surface area contributed by atoms with Crippen molar-refractivity contribution in [3.63, 3.8) is 0 Å². The number of carbonyl (C=O) groups excluding carboxylic acids is 4. The molecule has 2 saturated heterocycles. The zero-order chi connectivity index (χ0) is 51.9. The van der Waals surface area contributed by atoms with Gasteiger partial charge in [-0.25, -0.2) is 9.59 Å². The molecule has 17 heteroatoms. The quantitative estimate of drug-likeness (QED) is 0.0888. The summed E-state index contributed by atoms with van der Waals surface area (Å²) in [6.07, 6.45) is 10.9. The van der Waals surface area contributed by atoms with Crippen LogP contribution in [0.3, 0.4) is 0 Å². The fourth-order valence-electron chi connectivity index (χ4n) is 10.4. The lowest BCUT2D eigenvalue weighted by molar-refractivity contribution is -0.265. The van der Waals surface area contributed by atoms with E-state index in [4.69, 9.17) is 28.5 Å². The van der Waals surface area contributed by atoms with Crippen LogP contribution in [-0.2, 0) is 52.5 Å². The van der Waals surface area contributed by atoms with Crippen LogP contribution in [0.2, 0.25) is 0 Å². The number of oxime groups is 1. The number of rotatable bonds is 9. The molecule has 0 aromatic carbocycles. The molecule has 1 amide bonds. The fraction of sp³-hybridized carbons (Fsp3) is 0.736. The number of aliphatic hydroxyl groups is 3. The maximum atomic E-state index is 14.5. The van der Waals surface area contributed by atoms with Crippen LogP contribution in [0.1, 0.15) is 126 Å². The number of aliphatic carboxylic acids is 1. The van der Waals surface area contributed by atoms with Crippen molar-refractivity contribution in [2.24, 2.45) is 40.7 Å². The number of amides is 1. The number of allylic oxidation sites excluding steroid dienone is 6. The topological polar surface area (TPSA) is 237 Å². The first-order chi connectivity index (χ1) is 33.1. The predicted molar refractivity (Wildman–Crippen MR) is 261 cm³/mol. The number of fused-ring (bicyclic) bond motifs is 3. The summed E-state index contributed by atoms with van der Waals surface area (Å²) in [5.74, 6) is -9.10.